The first-order chi connectivity index (χ1) is 9.88. The summed E-state index contributed by atoms with van der Waals surface area (Å²) in [5, 5.41) is 0.0462. The first kappa shape index (κ1) is 14.0. The van der Waals surface area contributed by atoms with Gasteiger partial charge in [-0.25, -0.2) is 23.4 Å². The van der Waals surface area contributed by atoms with Crippen molar-refractivity contribution < 1.29 is 8.42 Å². The molecule has 0 bridgehead atoms. The summed E-state index contributed by atoms with van der Waals surface area (Å²) in [7, 11) is -3.64. The smallest absolute Gasteiger partial charge is 0.262 e. The molecule has 0 fully saturated rings. The van der Waals surface area contributed by atoms with E-state index in [9.17, 15) is 8.42 Å². The summed E-state index contributed by atoms with van der Waals surface area (Å²) in [5.41, 5.74) is 6.95. The molecule has 0 spiro atoms. The molecule has 2 aromatic rings. The highest BCUT2D eigenvalue weighted by Gasteiger charge is 2.33. The Hall–Kier alpha value is -2.00. The van der Waals surface area contributed by atoms with Crippen LogP contribution in [0, 0.1) is 0 Å². The van der Waals surface area contributed by atoms with Gasteiger partial charge in [0.2, 0.25) is 5.95 Å². The van der Waals surface area contributed by atoms with E-state index in [1.165, 1.54) is 10.6 Å². The first-order valence-electron chi connectivity index (χ1n) is 6.52. The third-order valence-corrected chi connectivity index (χ3v) is 5.10. The fourth-order valence-electron chi connectivity index (χ4n) is 2.18. The minimum atomic E-state index is -3.64. The lowest BCUT2D eigenvalue weighted by molar-refractivity contribution is 0.427. The lowest BCUT2D eigenvalue weighted by atomic mass is 10.3. The predicted molar refractivity (Wildman–Crippen MR) is 75.5 cm³/mol. The topological polar surface area (TPSA) is 107 Å². The average molecular weight is 308 g/mol. The molecule has 0 aromatic carbocycles. The highest BCUT2D eigenvalue weighted by Crippen LogP contribution is 2.27. The van der Waals surface area contributed by atoms with E-state index in [2.05, 4.69) is 15.0 Å². The zero-order valence-electron chi connectivity index (χ0n) is 11.8. The number of nitrogen functional groups attached to an aromatic ring is 1. The molecule has 0 aliphatic carbocycles. The summed E-state index contributed by atoms with van der Waals surface area (Å²) < 4.78 is 28.3. The van der Waals surface area contributed by atoms with Gasteiger partial charge in [0.05, 0.1) is 18.6 Å². The van der Waals surface area contributed by atoms with Crippen molar-refractivity contribution >= 4 is 16.0 Å². The Morgan fingerprint density at radius 2 is 2.05 bits per heavy atom. The molecule has 21 heavy (non-hydrogen) atoms. The number of nitrogens with zero attached hydrogens (tertiary/aromatic N) is 5. The lowest BCUT2D eigenvalue weighted by Crippen LogP contribution is -2.26. The van der Waals surface area contributed by atoms with Gasteiger partial charge in [-0.1, -0.05) is 0 Å². The molecule has 2 aromatic heterocycles. The lowest BCUT2D eigenvalue weighted by Gasteiger charge is -2.13. The summed E-state index contributed by atoms with van der Waals surface area (Å²) >= 11 is 0. The van der Waals surface area contributed by atoms with E-state index in [1.807, 2.05) is 13.8 Å². The van der Waals surface area contributed by atoms with Crippen molar-refractivity contribution in [2.24, 2.45) is 0 Å². The van der Waals surface area contributed by atoms with E-state index < -0.39 is 10.0 Å². The highest BCUT2D eigenvalue weighted by atomic mass is 32.2. The Balaban J connectivity index is 1.90. The molecule has 0 saturated carbocycles. The van der Waals surface area contributed by atoms with Crippen LogP contribution < -0.4 is 5.73 Å². The van der Waals surface area contributed by atoms with Gasteiger partial charge in [-0.3, -0.25) is 0 Å². The van der Waals surface area contributed by atoms with Crippen molar-refractivity contribution in [1.29, 1.82) is 0 Å². The van der Waals surface area contributed by atoms with Crippen LogP contribution in [0.4, 0.5) is 5.95 Å². The van der Waals surface area contributed by atoms with Crippen LogP contribution in [0.5, 0.6) is 0 Å². The van der Waals surface area contributed by atoms with Gasteiger partial charge in [-0.15, -0.1) is 0 Å². The number of imidazole rings is 1. The van der Waals surface area contributed by atoms with E-state index >= 15 is 0 Å². The van der Waals surface area contributed by atoms with Gasteiger partial charge < -0.3 is 10.3 Å². The molecule has 9 heteroatoms. The molecule has 0 amide bonds. The van der Waals surface area contributed by atoms with Gasteiger partial charge >= 0.3 is 0 Å². The van der Waals surface area contributed by atoms with Crippen LogP contribution in [-0.4, -0.2) is 32.2 Å². The number of hydrogen-bond donors (Lipinski definition) is 1. The number of sulfonamides is 1. The van der Waals surface area contributed by atoms with Crippen molar-refractivity contribution in [1.82, 2.24) is 23.8 Å². The van der Waals surface area contributed by atoms with Gasteiger partial charge in [-0.05, 0) is 13.8 Å². The summed E-state index contributed by atoms with van der Waals surface area (Å²) in [5.74, 6) is 0.150. The molecule has 0 radical (unpaired) electrons. The zero-order chi connectivity index (χ0) is 15.2. The summed E-state index contributed by atoms with van der Waals surface area (Å²) in [4.78, 5) is 12.0. The summed E-state index contributed by atoms with van der Waals surface area (Å²) in [6.07, 6.45) is 4.64. The van der Waals surface area contributed by atoms with Crippen LogP contribution in [0.15, 0.2) is 23.7 Å². The maximum Gasteiger partial charge on any atom is 0.262 e. The number of nitrogens with two attached hydrogens (primary N) is 1. The normalized spacial score (nSPS) is 15.6. The molecule has 8 nitrogen and oxygen atoms in total. The SMILES string of the molecule is CC(C)n1cnc(S(=O)(=O)N2Cc3cnc(N)nc3C2)c1. The molecule has 3 rings (SSSR count). The van der Waals surface area contributed by atoms with E-state index in [0.717, 1.165) is 5.56 Å². The van der Waals surface area contributed by atoms with Gasteiger partial charge in [0.15, 0.2) is 5.03 Å². The Morgan fingerprint density at radius 3 is 2.71 bits per heavy atom. The largest absolute Gasteiger partial charge is 0.368 e. The molecule has 2 N–H and O–H groups in total. The van der Waals surface area contributed by atoms with E-state index in [-0.39, 0.29) is 30.1 Å². The molecule has 1 aliphatic heterocycles. The van der Waals surface area contributed by atoms with Gasteiger partial charge in [-0.2, -0.15) is 4.31 Å². The Labute approximate surface area is 122 Å². The Bertz CT molecular complexity index is 783. The second-order valence-electron chi connectivity index (χ2n) is 5.23. The zero-order valence-corrected chi connectivity index (χ0v) is 12.6. The van der Waals surface area contributed by atoms with Crippen LogP contribution in [-0.2, 0) is 23.1 Å². The quantitative estimate of drug-likeness (QED) is 0.887. The van der Waals surface area contributed by atoms with Crippen LogP contribution >= 0.6 is 0 Å². The third-order valence-electron chi connectivity index (χ3n) is 3.42. The minimum absolute atomic E-state index is 0.0462. The van der Waals surface area contributed by atoms with Crippen LogP contribution in [0.2, 0.25) is 0 Å². The van der Waals surface area contributed by atoms with Gasteiger partial charge in [0, 0.05) is 30.5 Å². The van der Waals surface area contributed by atoms with Crippen molar-refractivity contribution in [2.75, 3.05) is 5.73 Å². The van der Waals surface area contributed by atoms with E-state index in [0.29, 0.717) is 5.69 Å². The fourth-order valence-corrected chi connectivity index (χ4v) is 3.48. The molecule has 112 valence electrons. The van der Waals surface area contributed by atoms with E-state index in [1.54, 1.807) is 17.0 Å². The fraction of sp³-hybridized carbons (Fsp3) is 0.417. The van der Waals surface area contributed by atoms with Crippen LogP contribution in [0.1, 0.15) is 31.1 Å². The molecular formula is C12H16N6O2S. The summed E-state index contributed by atoms with van der Waals surface area (Å²) in [6.45, 7) is 4.36. The third kappa shape index (κ3) is 2.38. The van der Waals surface area contributed by atoms with Crippen LogP contribution in [0.3, 0.4) is 0 Å². The van der Waals surface area contributed by atoms with Crippen molar-refractivity contribution in [3.8, 4) is 0 Å². The van der Waals surface area contributed by atoms with Crippen molar-refractivity contribution in [3.63, 3.8) is 0 Å². The Morgan fingerprint density at radius 1 is 1.29 bits per heavy atom. The highest BCUT2D eigenvalue weighted by molar-refractivity contribution is 7.89. The standard InChI is InChI=1S/C12H16N6O2S/c1-8(2)17-6-11(15-7-17)21(19,20)18-4-9-3-14-12(13)16-10(9)5-18/h3,6-8H,4-5H2,1-2H3,(H2,13,14,16). The van der Waals surface area contributed by atoms with Gasteiger partial charge in [0.1, 0.15) is 0 Å². The number of anilines is 1. The number of fused-ring (bicyclic) bond motifs is 1. The second-order valence-corrected chi connectivity index (χ2v) is 7.11. The molecule has 0 unspecified atom stereocenters. The number of hydrogen-bond acceptors (Lipinski definition) is 6. The number of rotatable bonds is 3. The van der Waals surface area contributed by atoms with Crippen molar-refractivity contribution in [2.45, 2.75) is 38.0 Å². The number of aromatic nitrogens is 4. The van der Waals surface area contributed by atoms with Gasteiger partial charge in [0.25, 0.3) is 10.0 Å². The Kier molecular flexibility index (Phi) is 3.18. The van der Waals surface area contributed by atoms with E-state index in [4.69, 9.17) is 5.73 Å². The second kappa shape index (κ2) is 4.78. The maximum absolute atomic E-state index is 12.6. The molecule has 1 aliphatic rings. The molecule has 0 atom stereocenters. The summed E-state index contributed by atoms with van der Waals surface area (Å²) in [6, 6.07) is 0.155. The molecule has 3 heterocycles. The van der Waals surface area contributed by atoms with Crippen LogP contribution in [0.25, 0.3) is 0 Å². The predicted octanol–water partition coefficient (Wildman–Crippen LogP) is 0.541. The monoisotopic (exact) mass is 308 g/mol. The average Bonchev–Trinajstić information content (AvgIpc) is 3.05. The first-order valence-corrected chi connectivity index (χ1v) is 7.96. The van der Waals surface area contributed by atoms with Crippen molar-refractivity contribution in [3.05, 3.63) is 30.0 Å². The minimum Gasteiger partial charge on any atom is -0.368 e. The molecular weight excluding hydrogens is 292 g/mol. The molecule has 0 saturated heterocycles. The maximum atomic E-state index is 12.6.